The van der Waals surface area contributed by atoms with E-state index in [0.29, 0.717) is 11.5 Å². The van der Waals surface area contributed by atoms with Crippen LogP contribution in [-0.4, -0.2) is 17.9 Å². The molecular formula is C15H14N2O5. The molecule has 0 saturated carbocycles. The van der Waals surface area contributed by atoms with Crippen molar-refractivity contribution in [3.05, 3.63) is 58.0 Å². The van der Waals surface area contributed by atoms with Crippen LogP contribution in [0.1, 0.15) is 11.5 Å². The highest BCUT2D eigenvalue weighted by Gasteiger charge is 2.12. The number of carbonyl (C=O) groups is 1. The monoisotopic (exact) mass is 302 g/mol. The molecule has 1 aromatic heterocycles. The second kappa shape index (κ2) is 6.57. The molecule has 0 aliphatic rings. The average molecular weight is 302 g/mol. The summed E-state index contributed by atoms with van der Waals surface area (Å²) in [6.45, 7) is 1.80. The molecule has 7 heteroatoms. The number of ether oxygens (including phenoxy) is 1. The van der Waals surface area contributed by atoms with Crippen LogP contribution in [0.15, 0.2) is 40.8 Å². The maximum atomic E-state index is 11.9. The second-order valence-electron chi connectivity index (χ2n) is 4.41. The SMILES string of the molecule is COc1ccc([N+](=O)[O-])cc1NC(=O)/C=C\c1ccc(C)o1. The largest absolute Gasteiger partial charge is 0.495 e. The molecule has 2 aromatic rings. The van der Waals surface area contributed by atoms with Crippen LogP contribution in [0.2, 0.25) is 0 Å². The van der Waals surface area contributed by atoms with E-state index in [1.54, 1.807) is 19.1 Å². The summed E-state index contributed by atoms with van der Waals surface area (Å²) in [4.78, 5) is 22.1. The molecule has 0 unspecified atom stereocenters. The first-order chi connectivity index (χ1) is 10.5. The van der Waals surface area contributed by atoms with Crippen molar-refractivity contribution in [2.75, 3.05) is 12.4 Å². The van der Waals surface area contributed by atoms with Gasteiger partial charge in [0.15, 0.2) is 0 Å². The second-order valence-corrected chi connectivity index (χ2v) is 4.41. The molecule has 0 spiro atoms. The molecule has 1 N–H and O–H groups in total. The molecule has 0 radical (unpaired) electrons. The summed E-state index contributed by atoms with van der Waals surface area (Å²) in [7, 11) is 1.41. The number of nitrogens with zero attached hydrogens (tertiary/aromatic N) is 1. The Morgan fingerprint density at radius 1 is 1.36 bits per heavy atom. The number of non-ortho nitro benzene ring substituents is 1. The minimum atomic E-state index is -0.545. The molecule has 7 nitrogen and oxygen atoms in total. The van der Waals surface area contributed by atoms with E-state index in [9.17, 15) is 14.9 Å². The predicted octanol–water partition coefficient (Wildman–Crippen LogP) is 3.16. The van der Waals surface area contributed by atoms with E-state index < -0.39 is 10.8 Å². The van der Waals surface area contributed by atoms with E-state index in [1.807, 2.05) is 0 Å². The third-order valence-corrected chi connectivity index (χ3v) is 2.81. The molecule has 0 aliphatic carbocycles. The molecule has 0 bridgehead atoms. The summed E-state index contributed by atoms with van der Waals surface area (Å²) >= 11 is 0. The topological polar surface area (TPSA) is 94.6 Å². The maximum absolute atomic E-state index is 11.9. The van der Waals surface area contributed by atoms with Gasteiger partial charge < -0.3 is 14.5 Å². The molecule has 1 amide bonds. The fourth-order valence-electron chi connectivity index (χ4n) is 1.78. The van der Waals surface area contributed by atoms with Crippen molar-refractivity contribution < 1.29 is 18.9 Å². The fraction of sp³-hybridized carbons (Fsp3) is 0.133. The number of benzene rings is 1. The van der Waals surface area contributed by atoms with Gasteiger partial charge in [-0.05, 0) is 31.2 Å². The smallest absolute Gasteiger partial charge is 0.271 e. The van der Waals surface area contributed by atoms with Crippen LogP contribution < -0.4 is 10.1 Å². The van der Waals surface area contributed by atoms with Gasteiger partial charge in [-0.25, -0.2) is 0 Å². The highest BCUT2D eigenvalue weighted by atomic mass is 16.6. The number of anilines is 1. The van der Waals surface area contributed by atoms with E-state index in [2.05, 4.69) is 5.32 Å². The molecule has 2 rings (SSSR count). The Hall–Kier alpha value is -3.09. The van der Waals surface area contributed by atoms with Crippen LogP contribution >= 0.6 is 0 Å². The normalized spacial score (nSPS) is 10.6. The zero-order chi connectivity index (χ0) is 16.1. The zero-order valence-corrected chi connectivity index (χ0v) is 12.0. The van der Waals surface area contributed by atoms with Crippen molar-refractivity contribution in [2.24, 2.45) is 0 Å². The van der Waals surface area contributed by atoms with Crippen molar-refractivity contribution >= 4 is 23.4 Å². The van der Waals surface area contributed by atoms with E-state index in [-0.39, 0.29) is 11.4 Å². The Bertz CT molecular complexity index is 733. The Labute approximate surface area is 126 Å². The Kier molecular flexibility index (Phi) is 4.57. The lowest BCUT2D eigenvalue weighted by Crippen LogP contribution is -2.09. The van der Waals surface area contributed by atoms with Crippen LogP contribution in [0.5, 0.6) is 5.75 Å². The first-order valence-electron chi connectivity index (χ1n) is 6.37. The number of nitro benzene ring substituents is 1. The molecule has 1 aromatic carbocycles. The van der Waals surface area contributed by atoms with Crippen molar-refractivity contribution in [3.8, 4) is 5.75 Å². The predicted molar refractivity (Wildman–Crippen MR) is 80.8 cm³/mol. The van der Waals surface area contributed by atoms with Crippen molar-refractivity contribution in [1.29, 1.82) is 0 Å². The van der Waals surface area contributed by atoms with E-state index >= 15 is 0 Å². The molecule has 0 fully saturated rings. The summed E-state index contributed by atoms with van der Waals surface area (Å²) in [6.07, 6.45) is 2.78. The molecule has 0 aliphatic heterocycles. The summed E-state index contributed by atoms with van der Waals surface area (Å²) in [5.74, 6) is 1.16. The highest BCUT2D eigenvalue weighted by Crippen LogP contribution is 2.28. The van der Waals surface area contributed by atoms with Gasteiger partial charge in [-0.2, -0.15) is 0 Å². The molecule has 22 heavy (non-hydrogen) atoms. The third-order valence-electron chi connectivity index (χ3n) is 2.81. The first-order valence-corrected chi connectivity index (χ1v) is 6.37. The number of hydrogen-bond donors (Lipinski definition) is 1. The Morgan fingerprint density at radius 3 is 2.73 bits per heavy atom. The number of carbonyl (C=O) groups excluding carboxylic acids is 1. The van der Waals surface area contributed by atoms with Crippen LogP contribution in [0.25, 0.3) is 6.08 Å². The number of nitrogens with one attached hydrogen (secondary N) is 1. The maximum Gasteiger partial charge on any atom is 0.271 e. The van der Waals surface area contributed by atoms with Crippen molar-refractivity contribution in [1.82, 2.24) is 0 Å². The average Bonchev–Trinajstić information content (AvgIpc) is 2.90. The van der Waals surface area contributed by atoms with Gasteiger partial charge in [0.05, 0.1) is 17.7 Å². The van der Waals surface area contributed by atoms with Crippen molar-refractivity contribution in [3.63, 3.8) is 0 Å². The highest BCUT2D eigenvalue weighted by molar-refractivity contribution is 6.02. The molecule has 0 saturated heterocycles. The van der Waals surface area contributed by atoms with Crippen LogP contribution in [0.4, 0.5) is 11.4 Å². The Balaban J connectivity index is 2.15. The number of rotatable bonds is 5. The van der Waals surface area contributed by atoms with E-state index in [1.165, 1.54) is 37.5 Å². The van der Waals surface area contributed by atoms with Gasteiger partial charge in [0.25, 0.3) is 5.69 Å². The number of hydrogen-bond acceptors (Lipinski definition) is 5. The van der Waals surface area contributed by atoms with Gasteiger partial charge >= 0.3 is 0 Å². The lowest BCUT2D eigenvalue weighted by Gasteiger charge is -2.08. The third kappa shape index (κ3) is 3.72. The van der Waals surface area contributed by atoms with Gasteiger partial charge in [-0.1, -0.05) is 0 Å². The number of methoxy groups -OCH3 is 1. The van der Waals surface area contributed by atoms with Gasteiger partial charge in [0, 0.05) is 18.2 Å². The van der Waals surface area contributed by atoms with E-state index in [4.69, 9.17) is 9.15 Å². The van der Waals surface area contributed by atoms with Gasteiger partial charge in [0.1, 0.15) is 17.3 Å². The standard InChI is InChI=1S/C15H14N2O5/c1-10-3-5-12(22-10)6-8-15(18)16-13-9-11(17(19)20)4-7-14(13)21-2/h3-9H,1-2H3,(H,16,18)/b8-6-. The number of amides is 1. The molecule has 1 heterocycles. The molecule has 0 atom stereocenters. The lowest BCUT2D eigenvalue weighted by molar-refractivity contribution is -0.384. The molecular weight excluding hydrogens is 288 g/mol. The van der Waals surface area contributed by atoms with Crippen LogP contribution in [-0.2, 0) is 4.79 Å². The van der Waals surface area contributed by atoms with Gasteiger partial charge in [-0.3, -0.25) is 14.9 Å². The lowest BCUT2D eigenvalue weighted by atomic mass is 10.2. The van der Waals surface area contributed by atoms with Crippen molar-refractivity contribution in [2.45, 2.75) is 6.92 Å². The minimum absolute atomic E-state index is 0.137. The fourth-order valence-corrected chi connectivity index (χ4v) is 1.78. The van der Waals surface area contributed by atoms with Crippen LogP contribution in [0.3, 0.4) is 0 Å². The summed E-state index contributed by atoms with van der Waals surface area (Å²) in [5, 5.41) is 13.3. The summed E-state index contributed by atoms with van der Waals surface area (Å²) in [5.41, 5.74) is 0.0868. The first kappa shape index (κ1) is 15.3. The zero-order valence-electron chi connectivity index (χ0n) is 12.0. The van der Waals surface area contributed by atoms with E-state index in [0.717, 1.165) is 5.76 Å². The molecule has 114 valence electrons. The number of nitro groups is 1. The minimum Gasteiger partial charge on any atom is -0.495 e. The summed E-state index contributed by atoms with van der Waals surface area (Å²) < 4.78 is 10.4. The van der Waals surface area contributed by atoms with Gasteiger partial charge in [0.2, 0.25) is 5.91 Å². The quantitative estimate of drug-likeness (QED) is 0.520. The summed E-state index contributed by atoms with van der Waals surface area (Å²) in [6, 6.07) is 7.47. The van der Waals surface area contributed by atoms with Gasteiger partial charge in [-0.15, -0.1) is 0 Å². The number of furan rings is 1. The number of aryl methyl sites for hydroxylation is 1. The Morgan fingerprint density at radius 2 is 2.14 bits per heavy atom. The van der Waals surface area contributed by atoms with Crippen LogP contribution in [0, 0.1) is 17.0 Å².